The first-order chi connectivity index (χ1) is 23.0. The van der Waals surface area contributed by atoms with Gasteiger partial charge in [-0.15, -0.1) is 11.3 Å². The summed E-state index contributed by atoms with van der Waals surface area (Å²) >= 11 is 1.46. The molecular weight excluding hydrogens is 651 g/mol. The van der Waals surface area contributed by atoms with Gasteiger partial charge in [-0.1, -0.05) is 44.0 Å². The van der Waals surface area contributed by atoms with Crippen LogP contribution in [0.3, 0.4) is 0 Å². The van der Waals surface area contributed by atoms with Crippen LogP contribution < -0.4 is 19.7 Å². The number of thiazole rings is 1. The summed E-state index contributed by atoms with van der Waals surface area (Å²) in [6, 6.07) is 21.6. The maximum Gasteiger partial charge on any atom is 0.322 e. The molecule has 1 fully saturated rings. The highest BCUT2D eigenvalue weighted by Gasteiger charge is 2.33. The normalized spacial score (nSPS) is 14.2. The quantitative estimate of drug-likeness (QED) is 0.199. The molecule has 0 radical (unpaired) electrons. The summed E-state index contributed by atoms with van der Waals surface area (Å²) in [6.07, 6.45) is 0. The lowest BCUT2D eigenvalue weighted by molar-refractivity contribution is -0.140. The van der Waals surface area contributed by atoms with Gasteiger partial charge in [0.25, 0.3) is 16.1 Å². The maximum atomic E-state index is 12.8. The Morgan fingerprint density at radius 2 is 1.71 bits per heavy atom. The standard InChI is InChI=1S/C35H37N5O6S2/c1-24(2)33(35(42)43)38-48(44,45)40-19-17-39(18-20-40)29-14-9-25(10-15-29)11-16-32-37-31(23-47-32)28-5-4-6-30(21-28)46-22-26-7-12-27(13-8-26)34(41)36-3/h4-10,12-15,21,23-24,33,38H,17-20,22H2,1-3H3,(H,36,41)(H,42,43)/t33-/m1/s1. The summed E-state index contributed by atoms with van der Waals surface area (Å²) in [4.78, 5) is 30.0. The minimum Gasteiger partial charge on any atom is -0.489 e. The van der Waals surface area contributed by atoms with Crippen LogP contribution >= 0.6 is 11.3 Å². The van der Waals surface area contributed by atoms with Gasteiger partial charge in [0.05, 0.1) is 5.69 Å². The van der Waals surface area contributed by atoms with E-state index in [0.29, 0.717) is 36.0 Å². The van der Waals surface area contributed by atoms with E-state index in [1.807, 2.05) is 66.0 Å². The van der Waals surface area contributed by atoms with Gasteiger partial charge in [-0.05, 0) is 65.9 Å². The van der Waals surface area contributed by atoms with Crippen LogP contribution in [0.4, 0.5) is 5.69 Å². The van der Waals surface area contributed by atoms with Crippen LogP contribution in [-0.4, -0.2) is 74.0 Å². The molecule has 1 aliphatic heterocycles. The van der Waals surface area contributed by atoms with E-state index in [1.54, 1.807) is 33.0 Å². The third-order valence-electron chi connectivity index (χ3n) is 7.82. The largest absolute Gasteiger partial charge is 0.489 e. The predicted octanol–water partition coefficient (Wildman–Crippen LogP) is 4.21. The minimum atomic E-state index is -3.92. The number of carboxylic acid groups (broad SMARTS) is 1. The fraction of sp³-hybridized carbons (Fsp3) is 0.286. The molecule has 3 N–H and O–H groups in total. The molecule has 0 unspecified atom stereocenters. The number of ether oxygens (including phenoxy) is 1. The van der Waals surface area contributed by atoms with Gasteiger partial charge in [0.1, 0.15) is 18.4 Å². The summed E-state index contributed by atoms with van der Waals surface area (Å²) in [7, 11) is -2.32. The molecule has 48 heavy (non-hydrogen) atoms. The van der Waals surface area contributed by atoms with Crippen molar-refractivity contribution in [2.75, 3.05) is 38.1 Å². The Kier molecular flexibility index (Phi) is 11.1. The molecule has 1 aliphatic rings. The van der Waals surface area contributed by atoms with Crippen molar-refractivity contribution >= 4 is 39.1 Å². The highest BCUT2D eigenvalue weighted by Crippen LogP contribution is 2.26. The molecule has 1 atom stereocenters. The molecule has 0 saturated carbocycles. The molecule has 5 rings (SSSR count). The number of benzene rings is 3. The second-order valence-corrected chi connectivity index (χ2v) is 14.1. The van der Waals surface area contributed by atoms with Crippen LogP contribution in [0.1, 0.15) is 40.3 Å². The van der Waals surface area contributed by atoms with Crippen molar-refractivity contribution in [3.63, 3.8) is 0 Å². The molecule has 0 aliphatic carbocycles. The average Bonchev–Trinajstić information content (AvgIpc) is 3.58. The van der Waals surface area contributed by atoms with Crippen LogP contribution in [0.2, 0.25) is 0 Å². The molecule has 1 aromatic heterocycles. The maximum absolute atomic E-state index is 12.8. The lowest BCUT2D eigenvalue weighted by atomic mass is 10.1. The smallest absolute Gasteiger partial charge is 0.322 e. The molecule has 3 aromatic carbocycles. The van der Waals surface area contributed by atoms with E-state index in [9.17, 15) is 23.1 Å². The lowest BCUT2D eigenvalue weighted by Gasteiger charge is -2.36. The Balaban J connectivity index is 1.15. The van der Waals surface area contributed by atoms with E-state index < -0.39 is 22.2 Å². The zero-order chi connectivity index (χ0) is 34.3. The molecular formula is C35H37N5O6S2. The van der Waals surface area contributed by atoms with Crippen molar-refractivity contribution in [3.05, 3.63) is 99.9 Å². The van der Waals surface area contributed by atoms with Gasteiger partial charge in [0.2, 0.25) is 0 Å². The first-order valence-corrected chi connectivity index (χ1v) is 17.7. The fourth-order valence-electron chi connectivity index (χ4n) is 5.05. The molecule has 4 aromatic rings. The number of hydrogen-bond donors (Lipinski definition) is 3. The highest BCUT2D eigenvalue weighted by molar-refractivity contribution is 7.87. The summed E-state index contributed by atoms with van der Waals surface area (Å²) < 4.78 is 35.2. The summed E-state index contributed by atoms with van der Waals surface area (Å²) in [5, 5.41) is 14.6. The fourth-order valence-corrected chi connectivity index (χ4v) is 7.21. The molecule has 0 bridgehead atoms. The van der Waals surface area contributed by atoms with E-state index in [1.165, 1.54) is 15.6 Å². The Morgan fingerprint density at radius 3 is 2.35 bits per heavy atom. The van der Waals surface area contributed by atoms with Crippen molar-refractivity contribution in [2.24, 2.45) is 5.92 Å². The first kappa shape index (κ1) is 34.6. The van der Waals surface area contributed by atoms with E-state index in [4.69, 9.17) is 9.72 Å². The average molecular weight is 688 g/mol. The van der Waals surface area contributed by atoms with Crippen molar-refractivity contribution in [3.8, 4) is 28.8 Å². The molecule has 250 valence electrons. The minimum absolute atomic E-state index is 0.129. The van der Waals surface area contributed by atoms with Gasteiger partial charge in [0, 0.05) is 61.0 Å². The van der Waals surface area contributed by atoms with Gasteiger partial charge < -0.3 is 20.1 Å². The van der Waals surface area contributed by atoms with E-state index in [0.717, 1.165) is 28.1 Å². The van der Waals surface area contributed by atoms with Crippen molar-refractivity contribution < 1.29 is 27.9 Å². The van der Waals surface area contributed by atoms with E-state index in [2.05, 4.69) is 26.8 Å². The number of carbonyl (C=O) groups excluding carboxylic acids is 1. The van der Waals surface area contributed by atoms with Gasteiger partial charge in [-0.3, -0.25) is 9.59 Å². The number of hydrogen-bond acceptors (Lipinski definition) is 8. The molecule has 1 amide bonds. The van der Waals surface area contributed by atoms with Crippen LogP contribution in [0.25, 0.3) is 11.3 Å². The SMILES string of the molecule is CNC(=O)c1ccc(COc2cccc(-c3csc(C#Cc4ccc(N5CCN(S(=O)(=O)N[C@@H](C(=O)O)C(C)C)CC5)cc4)n3)c2)cc1. The Hall–Kier alpha value is -4.74. The number of nitrogens with one attached hydrogen (secondary N) is 2. The third kappa shape index (κ3) is 8.78. The number of aromatic nitrogens is 1. The van der Waals surface area contributed by atoms with Crippen molar-refractivity contribution in [1.82, 2.24) is 19.3 Å². The first-order valence-electron chi connectivity index (χ1n) is 15.4. The number of nitrogens with zero attached hydrogens (tertiary/aromatic N) is 3. The lowest BCUT2D eigenvalue weighted by Crippen LogP contribution is -2.55. The summed E-state index contributed by atoms with van der Waals surface area (Å²) in [5.74, 6) is 5.32. The van der Waals surface area contributed by atoms with Crippen molar-refractivity contribution in [1.29, 1.82) is 0 Å². The monoisotopic (exact) mass is 687 g/mol. The number of aliphatic carboxylic acids is 1. The number of amides is 1. The second kappa shape index (κ2) is 15.4. The Morgan fingerprint density at radius 1 is 1.00 bits per heavy atom. The molecule has 1 saturated heterocycles. The number of anilines is 1. The molecule has 2 heterocycles. The van der Waals surface area contributed by atoms with Crippen LogP contribution in [-0.2, 0) is 21.6 Å². The second-order valence-electron chi connectivity index (χ2n) is 11.5. The topological polar surface area (TPSA) is 141 Å². The van der Waals surface area contributed by atoms with Gasteiger partial charge in [-0.2, -0.15) is 17.4 Å². The van der Waals surface area contributed by atoms with Gasteiger partial charge in [0.15, 0.2) is 5.01 Å². The molecule has 0 spiro atoms. The van der Waals surface area contributed by atoms with Crippen LogP contribution in [0.15, 0.2) is 78.2 Å². The van der Waals surface area contributed by atoms with E-state index >= 15 is 0 Å². The van der Waals surface area contributed by atoms with Gasteiger partial charge >= 0.3 is 5.97 Å². The van der Waals surface area contributed by atoms with Crippen LogP contribution in [0.5, 0.6) is 5.75 Å². The molecule has 13 heteroatoms. The Labute approximate surface area is 284 Å². The number of piperazine rings is 1. The Bertz CT molecular complexity index is 1910. The van der Waals surface area contributed by atoms with E-state index in [-0.39, 0.29) is 24.9 Å². The van der Waals surface area contributed by atoms with Gasteiger partial charge in [-0.25, -0.2) is 4.98 Å². The zero-order valence-electron chi connectivity index (χ0n) is 26.8. The molecule has 11 nitrogen and oxygen atoms in total. The zero-order valence-corrected chi connectivity index (χ0v) is 28.5. The third-order valence-corrected chi connectivity index (χ3v) is 10.2. The highest BCUT2D eigenvalue weighted by atomic mass is 32.2. The number of carbonyl (C=O) groups is 2. The summed E-state index contributed by atoms with van der Waals surface area (Å²) in [5.41, 5.74) is 5.05. The van der Waals surface area contributed by atoms with Crippen LogP contribution in [0, 0.1) is 17.8 Å². The number of carboxylic acids is 1. The number of rotatable bonds is 11. The summed E-state index contributed by atoms with van der Waals surface area (Å²) in [6.45, 7) is 5.15. The van der Waals surface area contributed by atoms with Crippen molar-refractivity contribution in [2.45, 2.75) is 26.5 Å². The predicted molar refractivity (Wildman–Crippen MR) is 186 cm³/mol.